The Morgan fingerprint density at radius 2 is 2.00 bits per heavy atom. The monoisotopic (exact) mass is 304 g/mol. The van der Waals surface area contributed by atoms with Crippen LogP contribution >= 0.6 is 12.2 Å². The average molecular weight is 304 g/mol. The lowest BCUT2D eigenvalue weighted by atomic mass is 10.2. The van der Waals surface area contributed by atoms with E-state index in [1.807, 2.05) is 49.8 Å². The minimum absolute atomic E-state index is 0.512. The summed E-state index contributed by atoms with van der Waals surface area (Å²) in [5.41, 5.74) is 3.80. The van der Waals surface area contributed by atoms with Crippen molar-refractivity contribution in [2.45, 2.75) is 27.3 Å². The van der Waals surface area contributed by atoms with Crippen molar-refractivity contribution in [1.82, 2.24) is 9.78 Å². The maximum atomic E-state index is 5.36. The number of nitrogens with zero attached hydrogens (tertiary/aromatic N) is 2. The fourth-order valence-electron chi connectivity index (χ4n) is 2.00. The first-order valence-electron chi connectivity index (χ1n) is 6.80. The Kier molecular flexibility index (Phi) is 4.80. The molecule has 0 saturated heterocycles. The van der Waals surface area contributed by atoms with Crippen LogP contribution < -0.4 is 15.4 Å². The molecular formula is C15H20N4OS. The summed E-state index contributed by atoms with van der Waals surface area (Å²) >= 11 is 5.36. The molecule has 0 aliphatic rings. The highest BCUT2D eigenvalue weighted by atomic mass is 32.1. The summed E-state index contributed by atoms with van der Waals surface area (Å²) in [6.07, 6.45) is 1.94. The van der Waals surface area contributed by atoms with Crippen LogP contribution in [-0.4, -0.2) is 22.0 Å². The van der Waals surface area contributed by atoms with E-state index in [1.165, 1.54) is 0 Å². The first kappa shape index (κ1) is 15.3. The van der Waals surface area contributed by atoms with Gasteiger partial charge in [-0.2, -0.15) is 5.10 Å². The predicted octanol–water partition coefficient (Wildman–Crippen LogP) is 3.34. The molecule has 112 valence electrons. The van der Waals surface area contributed by atoms with Crippen LogP contribution in [0.1, 0.15) is 18.2 Å². The Labute approximate surface area is 130 Å². The average Bonchev–Trinajstić information content (AvgIpc) is 2.79. The van der Waals surface area contributed by atoms with Crippen LogP contribution in [-0.2, 0) is 6.54 Å². The fraction of sp³-hybridized carbons (Fsp3) is 0.333. The van der Waals surface area contributed by atoms with Crippen molar-refractivity contribution < 1.29 is 4.74 Å². The summed E-state index contributed by atoms with van der Waals surface area (Å²) in [6, 6.07) is 5.91. The van der Waals surface area contributed by atoms with E-state index >= 15 is 0 Å². The highest BCUT2D eigenvalue weighted by molar-refractivity contribution is 7.80. The molecule has 0 atom stereocenters. The number of thiocarbonyl (C=S) groups is 1. The van der Waals surface area contributed by atoms with Gasteiger partial charge in [-0.05, 0) is 50.7 Å². The third-order valence-corrected chi connectivity index (χ3v) is 3.33. The molecule has 0 unspecified atom stereocenters. The summed E-state index contributed by atoms with van der Waals surface area (Å²) in [7, 11) is 1.64. The molecule has 6 heteroatoms. The van der Waals surface area contributed by atoms with Gasteiger partial charge in [0.15, 0.2) is 5.11 Å². The van der Waals surface area contributed by atoms with E-state index in [4.69, 9.17) is 17.0 Å². The number of aromatic nitrogens is 2. The molecule has 0 amide bonds. The predicted molar refractivity (Wildman–Crippen MR) is 90.2 cm³/mol. The van der Waals surface area contributed by atoms with Crippen LogP contribution in [0.5, 0.6) is 5.75 Å². The number of benzene rings is 1. The number of ether oxygens (including phenoxy) is 1. The van der Waals surface area contributed by atoms with Crippen molar-refractivity contribution in [2.24, 2.45) is 0 Å². The van der Waals surface area contributed by atoms with Gasteiger partial charge in [-0.3, -0.25) is 4.68 Å². The van der Waals surface area contributed by atoms with E-state index in [0.29, 0.717) is 5.11 Å². The molecular weight excluding hydrogens is 284 g/mol. The van der Waals surface area contributed by atoms with Gasteiger partial charge in [0.05, 0.1) is 24.2 Å². The molecule has 1 heterocycles. The molecule has 0 aliphatic heterocycles. The van der Waals surface area contributed by atoms with E-state index in [2.05, 4.69) is 15.7 Å². The smallest absolute Gasteiger partial charge is 0.175 e. The van der Waals surface area contributed by atoms with Crippen LogP contribution in [0.25, 0.3) is 0 Å². The topological polar surface area (TPSA) is 51.1 Å². The second kappa shape index (κ2) is 6.58. The molecule has 5 nitrogen and oxygen atoms in total. The van der Waals surface area contributed by atoms with E-state index in [0.717, 1.165) is 34.9 Å². The molecule has 0 aliphatic carbocycles. The van der Waals surface area contributed by atoms with Gasteiger partial charge in [0.1, 0.15) is 5.75 Å². The largest absolute Gasteiger partial charge is 0.495 e. The molecule has 1 aromatic heterocycles. The molecule has 2 rings (SSSR count). The number of methoxy groups -OCH3 is 1. The molecule has 2 aromatic rings. The zero-order valence-corrected chi connectivity index (χ0v) is 13.5. The third kappa shape index (κ3) is 3.72. The number of nitrogens with one attached hydrogen (secondary N) is 2. The number of aryl methyl sites for hydroxylation is 3. The standard InChI is InChI=1S/C15H20N4OS/c1-5-19-9-13(11(3)18-19)17-15(21)16-12-8-10(2)6-7-14(12)20-4/h6-9H,5H2,1-4H3,(H2,16,17,21). The van der Waals surface area contributed by atoms with Crippen LogP contribution in [0, 0.1) is 13.8 Å². The van der Waals surface area contributed by atoms with Crippen molar-refractivity contribution in [3.8, 4) is 5.75 Å². The molecule has 0 fully saturated rings. The van der Waals surface area contributed by atoms with Crippen molar-refractivity contribution in [2.75, 3.05) is 17.7 Å². The van der Waals surface area contributed by atoms with Gasteiger partial charge < -0.3 is 15.4 Å². The van der Waals surface area contributed by atoms with Crippen molar-refractivity contribution >= 4 is 28.7 Å². The van der Waals surface area contributed by atoms with E-state index in [9.17, 15) is 0 Å². The Morgan fingerprint density at radius 3 is 2.62 bits per heavy atom. The number of hydrogen-bond donors (Lipinski definition) is 2. The summed E-state index contributed by atoms with van der Waals surface area (Å²) in [5.74, 6) is 0.755. The molecule has 1 aromatic carbocycles. The molecule has 0 saturated carbocycles. The summed E-state index contributed by atoms with van der Waals surface area (Å²) in [6.45, 7) is 6.85. The van der Waals surface area contributed by atoms with E-state index in [1.54, 1.807) is 7.11 Å². The maximum absolute atomic E-state index is 5.36. The quantitative estimate of drug-likeness (QED) is 0.849. The molecule has 0 bridgehead atoms. The first-order valence-corrected chi connectivity index (χ1v) is 7.21. The Hall–Kier alpha value is -2.08. The lowest BCUT2D eigenvalue weighted by Gasteiger charge is -2.13. The number of rotatable bonds is 4. The summed E-state index contributed by atoms with van der Waals surface area (Å²) in [5, 5.41) is 11.2. The van der Waals surface area contributed by atoms with Gasteiger partial charge in [0, 0.05) is 12.7 Å². The fourth-order valence-corrected chi connectivity index (χ4v) is 2.22. The van der Waals surface area contributed by atoms with Crippen molar-refractivity contribution in [1.29, 1.82) is 0 Å². The zero-order valence-electron chi connectivity index (χ0n) is 12.7. The van der Waals surface area contributed by atoms with Gasteiger partial charge in [0.25, 0.3) is 0 Å². The summed E-state index contributed by atoms with van der Waals surface area (Å²) < 4.78 is 7.20. The van der Waals surface area contributed by atoms with Crippen LogP contribution in [0.3, 0.4) is 0 Å². The lowest BCUT2D eigenvalue weighted by Crippen LogP contribution is -2.19. The highest BCUT2D eigenvalue weighted by Gasteiger charge is 2.08. The lowest BCUT2D eigenvalue weighted by molar-refractivity contribution is 0.417. The normalized spacial score (nSPS) is 10.3. The Balaban J connectivity index is 2.11. The van der Waals surface area contributed by atoms with E-state index < -0.39 is 0 Å². The van der Waals surface area contributed by atoms with Crippen molar-refractivity contribution in [3.05, 3.63) is 35.7 Å². The van der Waals surface area contributed by atoms with Gasteiger partial charge in [-0.25, -0.2) is 0 Å². The Bertz CT molecular complexity index is 651. The Morgan fingerprint density at radius 1 is 1.29 bits per heavy atom. The first-order chi connectivity index (χ1) is 10.0. The molecule has 0 spiro atoms. The molecule has 21 heavy (non-hydrogen) atoms. The van der Waals surface area contributed by atoms with Crippen molar-refractivity contribution in [3.63, 3.8) is 0 Å². The van der Waals surface area contributed by atoms with Gasteiger partial charge in [-0.1, -0.05) is 6.07 Å². The third-order valence-electron chi connectivity index (χ3n) is 3.12. The number of hydrogen-bond acceptors (Lipinski definition) is 3. The maximum Gasteiger partial charge on any atom is 0.175 e. The van der Waals surface area contributed by atoms with Gasteiger partial charge in [0.2, 0.25) is 0 Å². The minimum atomic E-state index is 0.512. The zero-order chi connectivity index (χ0) is 15.4. The van der Waals surface area contributed by atoms with Gasteiger partial charge >= 0.3 is 0 Å². The van der Waals surface area contributed by atoms with Gasteiger partial charge in [-0.15, -0.1) is 0 Å². The SMILES string of the molecule is CCn1cc(NC(=S)Nc2cc(C)ccc2OC)c(C)n1. The highest BCUT2D eigenvalue weighted by Crippen LogP contribution is 2.25. The number of anilines is 2. The minimum Gasteiger partial charge on any atom is -0.495 e. The van der Waals surface area contributed by atoms with Crippen LogP contribution in [0.2, 0.25) is 0 Å². The van der Waals surface area contributed by atoms with Crippen LogP contribution in [0.4, 0.5) is 11.4 Å². The molecule has 0 radical (unpaired) electrons. The molecule has 2 N–H and O–H groups in total. The second-order valence-corrected chi connectivity index (χ2v) is 5.17. The summed E-state index contributed by atoms with van der Waals surface area (Å²) in [4.78, 5) is 0. The van der Waals surface area contributed by atoms with E-state index in [-0.39, 0.29) is 0 Å². The van der Waals surface area contributed by atoms with Crippen LogP contribution in [0.15, 0.2) is 24.4 Å². The second-order valence-electron chi connectivity index (χ2n) is 4.77.